The lowest BCUT2D eigenvalue weighted by atomic mass is 10.1. The van der Waals surface area contributed by atoms with Crippen molar-refractivity contribution in [1.82, 2.24) is 14.4 Å². The highest BCUT2D eigenvalue weighted by molar-refractivity contribution is 5.84. The number of aromatic hydroxyl groups is 2. The third-order valence-electron chi connectivity index (χ3n) is 3.87. The number of rotatable bonds is 2. The maximum absolute atomic E-state index is 13.7. The number of aromatic nitrogens is 3. The van der Waals surface area contributed by atoms with Crippen LogP contribution in [0.3, 0.4) is 0 Å². The molecule has 124 valence electrons. The minimum Gasteiger partial charge on any atom is -0.507 e. The fraction of sp³-hybridized carbons (Fsp3) is 0. The lowest BCUT2D eigenvalue weighted by Gasteiger charge is -2.05. The molecule has 0 radical (unpaired) electrons. The first-order valence-electron chi connectivity index (χ1n) is 7.35. The van der Waals surface area contributed by atoms with Gasteiger partial charge in [0.2, 0.25) is 0 Å². The molecule has 0 saturated carbocycles. The smallest absolute Gasteiger partial charge is 0.168 e. The number of nitrogens with zero attached hydrogens (tertiary/aromatic N) is 3. The largest absolute Gasteiger partial charge is 0.507 e. The first kappa shape index (κ1) is 15.1. The molecule has 2 N–H and O–H groups in total. The average molecular weight is 339 g/mol. The second kappa shape index (κ2) is 5.55. The van der Waals surface area contributed by atoms with Crippen LogP contribution < -0.4 is 0 Å². The normalized spacial score (nSPS) is 11.1. The summed E-state index contributed by atoms with van der Waals surface area (Å²) in [5.41, 5.74) is 1.25. The third kappa shape index (κ3) is 2.37. The van der Waals surface area contributed by atoms with E-state index in [4.69, 9.17) is 0 Å². The number of phenols is 1. The topological polar surface area (TPSA) is 70.7 Å². The minimum atomic E-state index is -1.08. The van der Waals surface area contributed by atoms with Crippen LogP contribution in [0.5, 0.6) is 11.5 Å². The highest BCUT2D eigenvalue weighted by Gasteiger charge is 2.20. The van der Waals surface area contributed by atoms with E-state index >= 15 is 0 Å². The van der Waals surface area contributed by atoms with E-state index in [9.17, 15) is 19.0 Å². The van der Waals surface area contributed by atoms with Crippen molar-refractivity contribution < 1.29 is 19.0 Å². The molecule has 4 rings (SSSR count). The Balaban J connectivity index is 2.07. The van der Waals surface area contributed by atoms with Crippen LogP contribution in [0.1, 0.15) is 0 Å². The Morgan fingerprint density at radius 1 is 1.00 bits per heavy atom. The predicted octanol–water partition coefficient (Wildman–Crippen LogP) is 3.75. The van der Waals surface area contributed by atoms with Gasteiger partial charge in [0.15, 0.2) is 11.6 Å². The first-order valence-corrected chi connectivity index (χ1v) is 7.35. The zero-order valence-corrected chi connectivity index (χ0v) is 12.7. The summed E-state index contributed by atoms with van der Waals surface area (Å²) in [7, 11) is 0. The zero-order valence-electron chi connectivity index (χ0n) is 12.7. The van der Waals surface area contributed by atoms with Crippen LogP contribution in [-0.4, -0.2) is 24.6 Å². The van der Waals surface area contributed by atoms with Crippen molar-refractivity contribution in [2.75, 3.05) is 0 Å². The lowest BCUT2D eigenvalue weighted by molar-refractivity contribution is 0.429. The van der Waals surface area contributed by atoms with Crippen LogP contribution in [0.4, 0.5) is 8.78 Å². The predicted molar refractivity (Wildman–Crippen MR) is 87.1 cm³/mol. The van der Waals surface area contributed by atoms with E-state index in [0.29, 0.717) is 22.8 Å². The van der Waals surface area contributed by atoms with Crippen molar-refractivity contribution in [3.8, 4) is 34.1 Å². The molecule has 0 spiro atoms. The van der Waals surface area contributed by atoms with Gasteiger partial charge in [0, 0.05) is 24.7 Å². The first-order chi connectivity index (χ1) is 12.1. The van der Waals surface area contributed by atoms with Gasteiger partial charge in [-0.1, -0.05) is 6.07 Å². The summed E-state index contributed by atoms with van der Waals surface area (Å²) in [6.07, 6.45) is 4.53. The van der Waals surface area contributed by atoms with Crippen LogP contribution in [0.15, 0.2) is 55.0 Å². The van der Waals surface area contributed by atoms with Gasteiger partial charge in [-0.2, -0.15) is 0 Å². The quantitative estimate of drug-likeness (QED) is 0.583. The molecule has 0 aliphatic carbocycles. The number of fused-ring (bicyclic) bond motifs is 1. The highest BCUT2D eigenvalue weighted by atomic mass is 19.1. The molecule has 5 nitrogen and oxygen atoms in total. The summed E-state index contributed by atoms with van der Waals surface area (Å²) in [5, 5.41) is 20.1. The van der Waals surface area contributed by atoms with Gasteiger partial charge in [-0.25, -0.2) is 13.8 Å². The molecule has 4 aromatic rings. The van der Waals surface area contributed by atoms with Crippen LogP contribution in [0, 0.1) is 11.6 Å². The summed E-state index contributed by atoms with van der Waals surface area (Å²) < 4.78 is 29.0. The number of hydrogen-bond donors (Lipinski definition) is 2. The van der Waals surface area contributed by atoms with Gasteiger partial charge in [0.25, 0.3) is 0 Å². The lowest BCUT2D eigenvalue weighted by Crippen LogP contribution is -1.92. The van der Waals surface area contributed by atoms with E-state index in [1.807, 2.05) is 0 Å². The molecule has 0 fully saturated rings. The van der Waals surface area contributed by atoms with Crippen molar-refractivity contribution in [3.05, 3.63) is 66.6 Å². The molecule has 0 amide bonds. The highest BCUT2D eigenvalue weighted by Crippen LogP contribution is 2.37. The molecule has 0 aliphatic rings. The van der Waals surface area contributed by atoms with Crippen molar-refractivity contribution in [2.45, 2.75) is 0 Å². The number of hydrogen-bond acceptors (Lipinski definition) is 4. The summed E-state index contributed by atoms with van der Waals surface area (Å²) in [6.45, 7) is 0. The average Bonchev–Trinajstić information content (AvgIpc) is 2.98. The van der Waals surface area contributed by atoms with Gasteiger partial charge in [0.05, 0.1) is 16.6 Å². The number of pyridine rings is 2. The van der Waals surface area contributed by atoms with Crippen LogP contribution >= 0.6 is 0 Å². The number of imidazole rings is 1. The van der Waals surface area contributed by atoms with Gasteiger partial charge in [0.1, 0.15) is 23.1 Å². The Kier molecular flexibility index (Phi) is 3.35. The molecule has 3 aromatic heterocycles. The van der Waals surface area contributed by atoms with Crippen molar-refractivity contribution >= 4 is 5.52 Å². The molecular formula is C18H11F2N3O2. The number of benzene rings is 1. The van der Waals surface area contributed by atoms with Crippen molar-refractivity contribution in [2.24, 2.45) is 0 Å². The van der Waals surface area contributed by atoms with Gasteiger partial charge in [-0.15, -0.1) is 0 Å². The van der Waals surface area contributed by atoms with Crippen molar-refractivity contribution in [3.63, 3.8) is 0 Å². The van der Waals surface area contributed by atoms with Gasteiger partial charge in [-0.3, -0.25) is 9.38 Å². The van der Waals surface area contributed by atoms with Gasteiger partial charge < -0.3 is 10.2 Å². The van der Waals surface area contributed by atoms with E-state index in [-0.39, 0.29) is 17.1 Å². The van der Waals surface area contributed by atoms with Crippen LogP contribution in [-0.2, 0) is 0 Å². The van der Waals surface area contributed by atoms with E-state index in [1.54, 1.807) is 28.8 Å². The standard InChI is InChI=1S/C18H11F2N3O2/c19-10-7-11(17(25)13(20)8-10)18-22-16(12-9-21-5-4-15(12)24)14-3-1-2-6-23(14)18/h1-9,25H,(H,21,24). The Hall–Kier alpha value is -3.48. The van der Waals surface area contributed by atoms with E-state index in [0.717, 1.165) is 6.07 Å². The minimum absolute atomic E-state index is 0.0277. The van der Waals surface area contributed by atoms with Crippen LogP contribution in [0.25, 0.3) is 28.2 Å². The number of phenolic OH excluding ortho intramolecular Hbond substituents is 1. The van der Waals surface area contributed by atoms with E-state index in [2.05, 4.69) is 9.97 Å². The van der Waals surface area contributed by atoms with Gasteiger partial charge in [-0.05, 0) is 24.3 Å². The molecule has 0 aliphatic heterocycles. The second-order valence-electron chi connectivity index (χ2n) is 5.42. The second-order valence-corrected chi connectivity index (χ2v) is 5.42. The fourth-order valence-corrected chi connectivity index (χ4v) is 2.73. The van der Waals surface area contributed by atoms with E-state index in [1.165, 1.54) is 18.5 Å². The Morgan fingerprint density at radius 3 is 2.64 bits per heavy atom. The number of halogens is 2. The summed E-state index contributed by atoms with van der Waals surface area (Å²) in [5.74, 6) is -2.49. The third-order valence-corrected chi connectivity index (χ3v) is 3.87. The van der Waals surface area contributed by atoms with E-state index < -0.39 is 17.4 Å². The Bertz CT molecular complexity index is 1110. The molecule has 1 aromatic carbocycles. The molecule has 0 saturated heterocycles. The summed E-state index contributed by atoms with van der Waals surface area (Å²) in [4.78, 5) is 8.38. The van der Waals surface area contributed by atoms with Crippen LogP contribution in [0.2, 0.25) is 0 Å². The van der Waals surface area contributed by atoms with Gasteiger partial charge >= 0.3 is 0 Å². The zero-order chi connectivity index (χ0) is 17.6. The molecule has 3 heterocycles. The fourth-order valence-electron chi connectivity index (χ4n) is 2.73. The molecule has 0 unspecified atom stereocenters. The van der Waals surface area contributed by atoms with Crippen molar-refractivity contribution in [1.29, 1.82) is 0 Å². The molecule has 0 bridgehead atoms. The SMILES string of the molecule is Oc1ccncc1-c1nc(-c2cc(F)cc(F)c2O)n2ccccc12. The Labute approximate surface area is 140 Å². The summed E-state index contributed by atoms with van der Waals surface area (Å²) in [6, 6.07) is 8.25. The maximum atomic E-state index is 13.7. The molecular weight excluding hydrogens is 328 g/mol. The monoisotopic (exact) mass is 339 g/mol. The molecule has 7 heteroatoms. The Morgan fingerprint density at radius 2 is 1.84 bits per heavy atom. The molecule has 0 atom stereocenters. The maximum Gasteiger partial charge on any atom is 0.168 e. The molecule has 25 heavy (non-hydrogen) atoms. The summed E-state index contributed by atoms with van der Waals surface area (Å²) >= 11 is 0.